The Labute approximate surface area is 159 Å². The number of hydrogen-bond donors (Lipinski definition) is 0. The number of hydrogen-bond acceptors (Lipinski definition) is 3. The highest BCUT2D eigenvalue weighted by Crippen LogP contribution is 2.32. The van der Waals surface area contributed by atoms with Crippen LogP contribution in [0.15, 0.2) is 66.9 Å². The summed E-state index contributed by atoms with van der Waals surface area (Å²) >= 11 is 0. The van der Waals surface area contributed by atoms with Crippen LogP contribution in [0.1, 0.15) is 17.0 Å². The highest BCUT2D eigenvalue weighted by atomic mass is 19.4. The zero-order chi connectivity index (χ0) is 19.7. The van der Waals surface area contributed by atoms with E-state index in [0.717, 1.165) is 29.0 Å². The SMILES string of the molecule is COc1ccccc1Cc1nc2c(-c3ccc(C(F)(F)F)cc3)cccn2n1. The maximum atomic E-state index is 12.8. The number of ether oxygens (including phenoxy) is 1. The second-order valence-electron chi connectivity index (χ2n) is 6.28. The van der Waals surface area contributed by atoms with E-state index in [2.05, 4.69) is 10.1 Å². The van der Waals surface area contributed by atoms with Gasteiger partial charge in [0.05, 0.1) is 12.7 Å². The molecule has 0 spiro atoms. The van der Waals surface area contributed by atoms with Gasteiger partial charge in [-0.3, -0.25) is 0 Å². The number of aromatic nitrogens is 3. The molecule has 0 saturated heterocycles. The second kappa shape index (κ2) is 6.99. The van der Waals surface area contributed by atoms with Crippen molar-refractivity contribution in [3.05, 3.63) is 83.8 Å². The molecule has 0 bridgehead atoms. The van der Waals surface area contributed by atoms with E-state index in [1.807, 2.05) is 30.3 Å². The molecule has 4 aromatic rings. The minimum absolute atomic E-state index is 0.484. The Bertz CT molecular complexity index is 1120. The van der Waals surface area contributed by atoms with Gasteiger partial charge in [0.25, 0.3) is 0 Å². The van der Waals surface area contributed by atoms with E-state index in [9.17, 15) is 13.2 Å². The fourth-order valence-corrected chi connectivity index (χ4v) is 3.11. The molecule has 4 nitrogen and oxygen atoms in total. The van der Waals surface area contributed by atoms with Crippen LogP contribution in [0.5, 0.6) is 5.75 Å². The highest BCUT2D eigenvalue weighted by molar-refractivity contribution is 5.77. The van der Waals surface area contributed by atoms with Gasteiger partial charge in [0.15, 0.2) is 11.5 Å². The van der Waals surface area contributed by atoms with Crippen molar-refractivity contribution in [3.63, 3.8) is 0 Å². The van der Waals surface area contributed by atoms with Gasteiger partial charge < -0.3 is 4.74 Å². The van der Waals surface area contributed by atoms with Crippen molar-refractivity contribution in [2.75, 3.05) is 7.11 Å². The summed E-state index contributed by atoms with van der Waals surface area (Å²) in [5.41, 5.74) is 2.23. The van der Waals surface area contributed by atoms with E-state index in [0.29, 0.717) is 23.5 Å². The molecule has 2 heterocycles. The second-order valence-corrected chi connectivity index (χ2v) is 6.28. The Balaban J connectivity index is 1.71. The summed E-state index contributed by atoms with van der Waals surface area (Å²) < 4.78 is 45.4. The zero-order valence-electron chi connectivity index (χ0n) is 14.9. The number of fused-ring (bicyclic) bond motifs is 1. The van der Waals surface area contributed by atoms with E-state index < -0.39 is 11.7 Å². The number of methoxy groups -OCH3 is 1. The smallest absolute Gasteiger partial charge is 0.416 e. The standard InChI is InChI=1S/C21H16F3N3O/c1-28-18-7-3-2-5-15(18)13-19-25-20-17(6-4-12-27(20)26-19)14-8-10-16(11-9-14)21(22,23)24/h2-12H,13H2,1H3. The highest BCUT2D eigenvalue weighted by Gasteiger charge is 2.30. The molecule has 0 aliphatic carbocycles. The quantitative estimate of drug-likeness (QED) is 0.497. The van der Waals surface area contributed by atoms with Crippen molar-refractivity contribution in [3.8, 4) is 16.9 Å². The van der Waals surface area contributed by atoms with E-state index in [1.54, 1.807) is 23.9 Å². The lowest BCUT2D eigenvalue weighted by Crippen LogP contribution is -2.04. The van der Waals surface area contributed by atoms with Gasteiger partial charge >= 0.3 is 6.18 Å². The molecule has 2 aromatic carbocycles. The number of halogens is 3. The molecule has 0 radical (unpaired) electrons. The van der Waals surface area contributed by atoms with Crippen LogP contribution in [-0.2, 0) is 12.6 Å². The lowest BCUT2D eigenvalue weighted by Gasteiger charge is -2.08. The predicted molar refractivity (Wildman–Crippen MR) is 99.2 cm³/mol. The summed E-state index contributed by atoms with van der Waals surface area (Å²) in [7, 11) is 1.61. The minimum atomic E-state index is -4.36. The molecule has 0 aliphatic heterocycles. The molecule has 0 saturated carbocycles. The molecule has 142 valence electrons. The largest absolute Gasteiger partial charge is 0.496 e. The van der Waals surface area contributed by atoms with Crippen LogP contribution in [0.2, 0.25) is 0 Å². The first-order valence-electron chi connectivity index (χ1n) is 8.59. The fourth-order valence-electron chi connectivity index (χ4n) is 3.11. The third-order valence-corrected chi connectivity index (χ3v) is 4.47. The molecule has 0 fully saturated rings. The maximum absolute atomic E-state index is 12.8. The average Bonchev–Trinajstić information content (AvgIpc) is 3.10. The Morgan fingerprint density at radius 2 is 1.71 bits per heavy atom. The Morgan fingerprint density at radius 1 is 0.964 bits per heavy atom. The summed E-state index contributed by atoms with van der Waals surface area (Å²) in [5.74, 6) is 1.35. The van der Waals surface area contributed by atoms with Crippen LogP contribution in [0.25, 0.3) is 16.8 Å². The summed E-state index contributed by atoms with van der Waals surface area (Å²) in [6.45, 7) is 0. The molecule has 0 unspecified atom stereocenters. The number of nitrogens with zero attached hydrogens (tertiary/aromatic N) is 3. The number of para-hydroxylation sites is 1. The van der Waals surface area contributed by atoms with Gasteiger partial charge in [-0.15, -0.1) is 0 Å². The Morgan fingerprint density at radius 3 is 2.43 bits per heavy atom. The molecular weight excluding hydrogens is 367 g/mol. The van der Waals surface area contributed by atoms with E-state index in [4.69, 9.17) is 4.74 Å². The Hall–Kier alpha value is -3.35. The number of benzene rings is 2. The predicted octanol–water partition coefficient (Wildman–Crippen LogP) is 5.01. The minimum Gasteiger partial charge on any atom is -0.496 e. The normalized spacial score (nSPS) is 11.7. The van der Waals surface area contributed by atoms with Crippen LogP contribution in [0.3, 0.4) is 0 Å². The van der Waals surface area contributed by atoms with Crippen LogP contribution in [-0.4, -0.2) is 21.7 Å². The summed E-state index contributed by atoms with van der Waals surface area (Å²) in [6, 6.07) is 16.3. The average molecular weight is 383 g/mol. The van der Waals surface area contributed by atoms with Crippen LogP contribution in [0, 0.1) is 0 Å². The third kappa shape index (κ3) is 3.43. The van der Waals surface area contributed by atoms with Crippen molar-refractivity contribution >= 4 is 5.65 Å². The van der Waals surface area contributed by atoms with Gasteiger partial charge in [0.2, 0.25) is 0 Å². The first kappa shape index (κ1) is 18.0. The third-order valence-electron chi connectivity index (χ3n) is 4.47. The molecule has 0 aliphatic rings. The molecule has 0 atom stereocenters. The van der Waals surface area contributed by atoms with Gasteiger partial charge in [0, 0.05) is 23.7 Å². The van der Waals surface area contributed by atoms with Crippen molar-refractivity contribution in [1.29, 1.82) is 0 Å². The van der Waals surface area contributed by atoms with Gasteiger partial charge in [-0.1, -0.05) is 30.3 Å². The first-order chi connectivity index (χ1) is 13.5. The molecule has 0 N–H and O–H groups in total. The van der Waals surface area contributed by atoms with E-state index in [-0.39, 0.29) is 0 Å². The maximum Gasteiger partial charge on any atom is 0.416 e. The van der Waals surface area contributed by atoms with Crippen LogP contribution in [0.4, 0.5) is 13.2 Å². The monoisotopic (exact) mass is 383 g/mol. The number of alkyl halides is 3. The molecular formula is C21H16F3N3O. The van der Waals surface area contributed by atoms with Crippen LogP contribution >= 0.6 is 0 Å². The lowest BCUT2D eigenvalue weighted by molar-refractivity contribution is -0.137. The van der Waals surface area contributed by atoms with Crippen molar-refractivity contribution in [2.45, 2.75) is 12.6 Å². The first-order valence-corrected chi connectivity index (χ1v) is 8.59. The summed E-state index contributed by atoms with van der Waals surface area (Å²) in [4.78, 5) is 4.61. The number of pyridine rings is 1. The van der Waals surface area contributed by atoms with Crippen molar-refractivity contribution < 1.29 is 17.9 Å². The number of rotatable bonds is 4. The zero-order valence-corrected chi connectivity index (χ0v) is 14.9. The van der Waals surface area contributed by atoms with Gasteiger partial charge in [-0.25, -0.2) is 9.50 Å². The van der Waals surface area contributed by atoms with Gasteiger partial charge in [-0.2, -0.15) is 18.3 Å². The fraction of sp³-hybridized carbons (Fsp3) is 0.143. The van der Waals surface area contributed by atoms with Crippen molar-refractivity contribution in [1.82, 2.24) is 14.6 Å². The molecule has 4 rings (SSSR count). The van der Waals surface area contributed by atoms with Crippen LogP contribution < -0.4 is 4.74 Å². The molecule has 0 amide bonds. The lowest BCUT2D eigenvalue weighted by atomic mass is 10.0. The van der Waals surface area contributed by atoms with E-state index >= 15 is 0 Å². The molecule has 2 aromatic heterocycles. The Kier molecular flexibility index (Phi) is 4.50. The summed E-state index contributed by atoms with van der Waals surface area (Å²) in [5, 5.41) is 4.50. The molecule has 28 heavy (non-hydrogen) atoms. The topological polar surface area (TPSA) is 39.4 Å². The van der Waals surface area contributed by atoms with Gasteiger partial charge in [0.1, 0.15) is 5.75 Å². The molecule has 7 heteroatoms. The van der Waals surface area contributed by atoms with E-state index in [1.165, 1.54) is 12.1 Å². The summed E-state index contributed by atoms with van der Waals surface area (Å²) in [6.07, 6.45) is -2.11. The van der Waals surface area contributed by atoms with Gasteiger partial charge in [-0.05, 0) is 35.9 Å². The van der Waals surface area contributed by atoms with Crippen molar-refractivity contribution in [2.24, 2.45) is 0 Å².